The molecule has 2 N–H and O–H groups in total. The predicted molar refractivity (Wildman–Crippen MR) is 25.5 cm³/mol. The Labute approximate surface area is 49.5 Å². The van der Waals surface area contributed by atoms with E-state index in [1.807, 2.05) is 0 Å². The molecule has 0 fully saturated rings. The smallest absolute Gasteiger partial charge is 0.318 e. The summed E-state index contributed by atoms with van der Waals surface area (Å²) >= 11 is 0. The fourth-order valence-corrected chi connectivity index (χ4v) is 0.367. The minimum Gasteiger partial charge on any atom is -0.363 e. The molecule has 0 bridgehead atoms. The Morgan fingerprint density at radius 1 is 1.44 bits per heavy atom. The van der Waals surface area contributed by atoms with Crippen LogP contribution in [0.4, 0.5) is 0 Å². The van der Waals surface area contributed by atoms with Crippen LogP contribution in [0.5, 0.6) is 0 Å². The predicted octanol–water partition coefficient (Wildman–Crippen LogP) is -1.35. The minimum atomic E-state index is -1.87. The first-order valence-corrected chi connectivity index (χ1v) is 2.11. The van der Waals surface area contributed by atoms with Gasteiger partial charge in [-0.25, -0.2) is 0 Å². The van der Waals surface area contributed by atoms with Gasteiger partial charge in [-0.05, 0) is 5.22 Å². The summed E-state index contributed by atoms with van der Waals surface area (Å²) in [6.07, 6.45) is -1.87. The van der Waals surface area contributed by atoms with Gasteiger partial charge in [0.2, 0.25) is 6.29 Å². The molecule has 6 nitrogen and oxygen atoms in total. The average molecular weight is 129 g/mol. The number of aliphatic hydroxyl groups excluding tert-OH is 1. The van der Waals surface area contributed by atoms with Crippen molar-refractivity contribution < 1.29 is 15.0 Å². The van der Waals surface area contributed by atoms with Gasteiger partial charge in [0.15, 0.2) is 5.71 Å². The summed E-state index contributed by atoms with van der Waals surface area (Å²) in [5.41, 5.74) is -0.435. The molecule has 0 atom stereocenters. The number of hydrogen-bond donors (Lipinski definition) is 2. The van der Waals surface area contributed by atoms with Gasteiger partial charge in [0.05, 0.1) is 0 Å². The summed E-state index contributed by atoms with van der Waals surface area (Å²) in [5.74, 6) is -0.801. The first kappa shape index (κ1) is 5.99. The van der Waals surface area contributed by atoms with Crippen molar-refractivity contribution in [2.45, 2.75) is 6.29 Å². The Morgan fingerprint density at radius 3 is 2.33 bits per heavy atom. The van der Waals surface area contributed by atoms with Crippen molar-refractivity contribution in [1.29, 1.82) is 0 Å². The summed E-state index contributed by atoms with van der Waals surface area (Å²) in [6, 6.07) is 0. The van der Waals surface area contributed by atoms with Crippen molar-refractivity contribution in [3.63, 3.8) is 0 Å². The Bertz CT molecular complexity index is 194. The lowest BCUT2D eigenvalue weighted by atomic mass is 10.3. The second-order valence-corrected chi connectivity index (χ2v) is 1.35. The quantitative estimate of drug-likeness (QED) is 0.428. The number of rotatable bonds is 1. The molecular weight excluding hydrogens is 126 g/mol. The normalized spacial score (nSPS) is 17.2. The van der Waals surface area contributed by atoms with Crippen LogP contribution in [-0.4, -0.2) is 28.1 Å². The highest BCUT2D eigenvalue weighted by molar-refractivity contribution is 6.41. The highest BCUT2D eigenvalue weighted by Crippen LogP contribution is 1.98. The van der Waals surface area contributed by atoms with E-state index in [4.69, 9.17) is 10.2 Å². The van der Waals surface area contributed by atoms with E-state index in [1.165, 1.54) is 0 Å². The Balaban J connectivity index is 2.76. The Hall–Kier alpha value is -1.14. The largest absolute Gasteiger partial charge is 0.363 e. The van der Waals surface area contributed by atoms with Crippen molar-refractivity contribution in [2.24, 2.45) is 15.4 Å². The SMILES string of the molecule is O=C1N=NN=C1C(O)O. The third kappa shape index (κ3) is 0.980. The zero-order chi connectivity index (χ0) is 6.85. The summed E-state index contributed by atoms with van der Waals surface area (Å²) in [7, 11) is 0. The maximum atomic E-state index is 10.3. The van der Waals surface area contributed by atoms with Gasteiger partial charge >= 0.3 is 5.91 Å². The molecule has 0 spiro atoms. The molecule has 0 saturated heterocycles. The molecule has 48 valence electrons. The van der Waals surface area contributed by atoms with E-state index in [2.05, 4.69) is 15.4 Å². The number of hydrogen-bond acceptors (Lipinski definition) is 5. The first-order valence-electron chi connectivity index (χ1n) is 2.11. The van der Waals surface area contributed by atoms with E-state index in [9.17, 15) is 4.79 Å². The lowest BCUT2D eigenvalue weighted by Crippen LogP contribution is -2.24. The van der Waals surface area contributed by atoms with Crippen molar-refractivity contribution in [1.82, 2.24) is 0 Å². The van der Waals surface area contributed by atoms with Crippen LogP contribution in [0, 0.1) is 0 Å². The fraction of sp³-hybridized carbons (Fsp3) is 0.333. The molecule has 0 radical (unpaired) electrons. The van der Waals surface area contributed by atoms with Crippen LogP contribution in [0.25, 0.3) is 0 Å². The van der Waals surface area contributed by atoms with Gasteiger partial charge in [-0.15, -0.1) is 5.10 Å². The third-order valence-electron chi connectivity index (χ3n) is 0.752. The van der Waals surface area contributed by atoms with Crippen LogP contribution in [0.2, 0.25) is 0 Å². The average Bonchev–Trinajstić information content (AvgIpc) is 2.13. The van der Waals surface area contributed by atoms with E-state index < -0.39 is 17.9 Å². The van der Waals surface area contributed by atoms with Crippen molar-refractivity contribution in [3.05, 3.63) is 0 Å². The molecule has 6 heteroatoms. The molecule has 0 aromatic rings. The highest BCUT2D eigenvalue weighted by Gasteiger charge is 2.21. The molecule has 9 heavy (non-hydrogen) atoms. The number of amides is 1. The highest BCUT2D eigenvalue weighted by atomic mass is 16.5. The maximum Gasteiger partial charge on any atom is 0.318 e. The molecule has 0 aliphatic carbocycles. The topological polar surface area (TPSA) is 94.6 Å². The number of carbonyl (C=O) groups is 1. The van der Waals surface area contributed by atoms with Crippen LogP contribution < -0.4 is 0 Å². The molecule has 1 aliphatic rings. The van der Waals surface area contributed by atoms with Crippen LogP contribution in [0.1, 0.15) is 0 Å². The van der Waals surface area contributed by atoms with Gasteiger partial charge in [-0.3, -0.25) is 4.79 Å². The Kier molecular flexibility index (Phi) is 1.33. The second-order valence-electron chi connectivity index (χ2n) is 1.35. The number of nitrogens with zero attached hydrogens (tertiary/aromatic N) is 3. The standard InChI is InChI=1S/C3H3N3O3/c7-2-1(3(8)9)4-6-5-2/h3,8-9H. The van der Waals surface area contributed by atoms with Crippen LogP contribution >= 0.6 is 0 Å². The molecule has 0 saturated carbocycles. The summed E-state index contributed by atoms with van der Waals surface area (Å²) in [4.78, 5) is 10.3. The molecule has 0 aromatic heterocycles. The molecule has 1 rings (SSSR count). The summed E-state index contributed by atoms with van der Waals surface area (Å²) in [5, 5.41) is 25.5. The van der Waals surface area contributed by atoms with E-state index in [1.54, 1.807) is 0 Å². The lowest BCUT2D eigenvalue weighted by Gasteiger charge is -1.94. The molecular formula is C3H3N3O3. The molecule has 1 heterocycles. The Morgan fingerprint density at radius 2 is 2.11 bits per heavy atom. The summed E-state index contributed by atoms with van der Waals surface area (Å²) in [6.45, 7) is 0. The van der Waals surface area contributed by atoms with Crippen molar-refractivity contribution in [3.8, 4) is 0 Å². The first-order chi connectivity index (χ1) is 4.22. The zero-order valence-corrected chi connectivity index (χ0v) is 4.22. The van der Waals surface area contributed by atoms with E-state index in [0.29, 0.717) is 0 Å². The molecule has 0 aromatic carbocycles. The molecule has 1 aliphatic heterocycles. The number of carbonyl (C=O) groups excluding carboxylic acids is 1. The summed E-state index contributed by atoms with van der Waals surface area (Å²) < 4.78 is 0. The minimum absolute atomic E-state index is 0.435. The van der Waals surface area contributed by atoms with Crippen LogP contribution in [0.15, 0.2) is 15.4 Å². The van der Waals surface area contributed by atoms with Gasteiger partial charge < -0.3 is 10.2 Å². The van der Waals surface area contributed by atoms with Crippen LogP contribution in [0.3, 0.4) is 0 Å². The van der Waals surface area contributed by atoms with E-state index in [0.717, 1.165) is 0 Å². The molecule has 0 unspecified atom stereocenters. The zero-order valence-electron chi connectivity index (χ0n) is 4.22. The maximum absolute atomic E-state index is 10.3. The fourth-order valence-electron chi connectivity index (χ4n) is 0.367. The molecule has 1 amide bonds. The van der Waals surface area contributed by atoms with Crippen molar-refractivity contribution in [2.75, 3.05) is 0 Å². The second kappa shape index (κ2) is 2.00. The number of aliphatic hydroxyl groups is 2. The van der Waals surface area contributed by atoms with Gasteiger partial charge in [-0.1, -0.05) is 5.11 Å². The van der Waals surface area contributed by atoms with Gasteiger partial charge in [-0.2, -0.15) is 0 Å². The van der Waals surface area contributed by atoms with E-state index in [-0.39, 0.29) is 0 Å². The van der Waals surface area contributed by atoms with Crippen molar-refractivity contribution >= 4 is 11.6 Å². The lowest BCUT2D eigenvalue weighted by molar-refractivity contribution is -0.113. The van der Waals surface area contributed by atoms with Gasteiger partial charge in [0.1, 0.15) is 0 Å². The third-order valence-corrected chi connectivity index (χ3v) is 0.752. The van der Waals surface area contributed by atoms with E-state index >= 15 is 0 Å². The van der Waals surface area contributed by atoms with Crippen LogP contribution in [-0.2, 0) is 4.79 Å². The van der Waals surface area contributed by atoms with Gasteiger partial charge in [0, 0.05) is 0 Å². The monoisotopic (exact) mass is 129 g/mol. The van der Waals surface area contributed by atoms with Gasteiger partial charge in [0.25, 0.3) is 0 Å².